The minimum Gasteiger partial charge on any atom is -0.331 e. The second-order valence-corrected chi connectivity index (χ2v) is 4.62. The van der Waals surface area contributed by atoms with Crippen molar-refractivity contribution in [2.24, 2.45) is 5.10 Å². The van der Waals surface area contributed by atoms with E-state index in [1.165, 1.54) is 5.56 Å². The fourth-order valence-electron chi connectivity index (χ4n) is 1.55. The van der Waals surface area contributed by atoms with E-state index in [9.17, 15) is 0 Å². The summed E-state index contributed by atoms with van der Waals surface area (Å²) in [5.41, 5.74) is 9.87. The van der Waals surface area contributed by atoms with E-state index in [1.54, 1.807) is 0 Å². The number of allylic oxidation sites excluding steroid dienone is 3. The van der Waals surface area contributed by atoms with E-state index in [0.717, 1.165) is 17.0 Å². The monoisotopic (exact) mass is 269 g/mol. The first kappa shape index (κ1) is 13.3. The summed E-state index contributed by atoms with van der Waals surface area (Å²) in [5, 5.41) is 7.75. The minimum absolute atomic E-state index is 0.467. The summed E-state index contributed by atoms with van der Waals surface area (Å²) in [6.07, 6.45) is 5.74. The van der Waals surface area contributed by atoms with Crippen LogP contribution in [0.25, 0.3) is 0 Å². The van der Waals surface area contributed by atoms with Gasteiger partial charge in [0.2, 0.25) is 0 Å². The number of hydrogen-bond donors (Lipinski definition) is 2. The molecule has 2 N–H and O–H groups in total. The van der Waals surface area contributed by atoms with Crippen LogP contribution < -0.4 is 10.7 Å². The van der Waals surface area contributed by atoms with Gasteiger partial charge in [0, 0.05) is 11.3 Å². The van der Waals surface area contributed by atoms with Gasteiger partial charge >= 0.3 is 0 Å². The number of rotatable bonds is 3. The molecule has 1 aromatic rings. The molecule has 0 aliphatic heterocycles. The smallest absolute Gasteiger partial charge is 0.191 e. The summed E-state index contributed by atoms with van der Waals surface area (Å²) >= 11 is 5.18. The normalized spacial score (nSPS) is 13.4. The molecule has 1 aromatic carbocycles. The second kappa shape index (κ2) is 6.14. The van der Waals surface area contributed by atoms with E-state index in [0.29, 0.717) is 5.11 Å². The number of benzene rings is 1. The van der Waals surface area contributed by atoms with E-state index >= 15 is 0 Å². The lowest BCUT2D eigenvalue weighted by atomic mass is 10.2. The molecule has 0 aromatic heterocycles. The first-order valence-corrected chi connectivity index (χ1v) is 6.37. The zero-order valence-electron chi connectivity index (χ0n) is 10.9. The van der Waals surface area contributed by atoms with Crippen LogP contribution in [0.15, 0.2) is 58.9 Å². The highest BCUT2D eigenvalue weighted by atomic mass is 32.1. The topological polar surface area (TPSA) is 36.4 Å². The molecule has 0 bridgehead atoms. The third kappa shape index (κ3) is 3.91. The van der Waals surface area contributed by atoms with Crippen LogP contribution in [0.1, 0.15) is 12.5 Å². The van der Waals surface area contributed by atoms with Crippen LogP contribution in [0.5, 0.6) is 0 Å². The molecule has 0 unspecified atom stereocenters. The highest BCUT2D eigenvalue weighted by molar-refractivity contribution is 7.80. The van der Waals surface area contributed by atoms with Crippen molar-refractivity contribution in [1.82, 2.24) is 5.43 Å². The summed E-state index contributed by atoms with van der Waals surface area (Å²) in [5.74, 6) is 0. The Balaban J connectivity index is 1.91. The second-order valence-electron chi connectivity index (χ2n) is 4.21. The molecule has 0 amide bonds. The Morgan fingerprint density at radius 2 is 2.00 bits per heavy atom. The van der Waals surface area contributed by atoms with Crippen LogP contribution in [0.4, 0.5) is 5.69 Å². The van der Waals surface area contributed by atoms with Gasteiger partial charge in [0.05, 0.1) is 5.71 Å². The van der Waals surface area contributed by atoms with Crippen LogP contribution in [-0.2, 0) is 0 Å². The maximum absolute atomic E-state index is 5.18. The number of hydrazone groups is 1. The number of aryl methyl sites for hydroxylation is 1. The lowest BCUT2D eigenvalue weighted by Gasteiger charge is -2.08. The van der Waals surface area contributed by atoms with Gasteiger partial charge in [0.15, 0.2) is 5.11 Å². The highest BCUT2D eigenvalue weighted by Crippen LogP contribution is 2.08. The van der Waals surface area contributed by atoms with Gasteiger partial charge in [0.25, 0.3) is 0 Å². The quantitative estimate of drug-likeness (QED) is 0.382. The van der Waals surface area contributed by atoms with Crippen LogP contribution >= 0.6 is 12.2 Å². The molecule has 3 nitrogen and oxygen atoms in total. The summed E-state index contributed by atoms with van der Waals surface area (Å²) in [7, 11) is 0. The first-order valence-electron chi connectivity index (χ1n) is 5.97. The Kier molecular flexibility index (Phi) is 4.29. The van der Waals surface area contributed by atoms with Crippen LogP contribution in [0, 0.1) is 6.92 Å². The van der Waals surface area contributed by atoms with Crippen molar-refractivity contribution in [2.45, 2.75) is 13.8 Å². The number of nitrogens with one attached hydrogen (secondary N) is 2. The summed E-state index contributed by atoms with van der Waals surface area (Å²) < 4.78 is 0. The minimum atomic E-state index is 0.467. The Hall–Kier alpha value is -2.16. The molecule has 2 rings (SSSR count). The Labute approximate surface area is 118 Å². The summed E-state index contributed by atoms with van der Waals surface area (Å²) in [4.78, 5) is 0. The van der Waals surface area contributed by atoms with Crippen molar-refractivity contribution in [1.29, 1.82) is 0 Å². The third-order valence-corrected chi connectivity index (χ3v) is 2.82. The predicted molar refractivity (Wildman–Crippen MR) is 84.4 cm³/mol. The Morgan fingerprint density at radius 1 is 1.26 bits per heavy atom. The van der Waals surface area contributed by atoms with Crippen molar-refractivity contribution in [2.75, 3.05) is 5.32 Å². The van der Waals surface area contributed by atoms with Crippen LogP contribution in [-0.4, -0.2) is 10.8 Å². The van der Waals surface area contributed by atoms with E-state index in [-0.39, 0.29) is 0 Å². The van der Waals surface area contributed by atoms with Gasteiger partial charge < -0.3 is 5.32 Å². The molecule has 0 heterocycles. The summed E-state index contributed by atoms with van der Waals surface area (Å²) in [6, 6.07) is 8.01. The SMILES string of the molecule is C/C(=N\NC(=S)Nc1ccc(C)cc1)C1=C=CC=C1. The average Bonchev–Trinajstić information content (AvgIpc) is 2.93. The Morgan fingerprint density at radius 3 is 2.63 bits per heavy atom. The lowest BCUT2D eigenvalue weighted by molar-refractivity contribution is 1.04. The molecular formula is C15H15N3S. The fourth-order valence-corrected chi connectivity index (χ4v) is 1.71. The van der Waals surface area contributed by atoms with Crippen molar-refractivity contribution >= 4 is 28.7 Å². The fraction of sp³-hybridized carbons (Fsp3) is 0.133. The zero-order valence-corrected chi connectivity index (χ0v) is 11.7. The van der Waals surface area contributed by atoms with Crippen molar-refractivity contribution in [3.05, 3.63) is 59.4 Å². The van der Waals surface area contributed by atoms with Gasteiger partial charge in [-0.05, 0) is 50.4 Å². The number of hydrogen-bond acceptors (Lipinski definition) is 2. The lowest BCUT2D eigenvalue weighted by Crippen LogP contribution is -2.24. The van der Waals surface area contributed by atoms with Crippen LogP contribution in [0.2, 0.25) is 0 Å². The zero-order chi connectivity index (χ0) is 13.7. The maximum Gasteiger partial charge on any atom is 0.191 e. The molecule has 96 valence electrons. The van der Waals surface area contributed by atoms with Crippen molar-refractivity contribution < 1.29 is 0 Å². The Bertz CT molecular complexity index is 603. The van der Waals surface area contributed by atoms with E-state index in [2.05, 4.69) is 21.6 Å². The molecule has 1 aliphatic rings. The average molecular weight is 269 g/mol. The molecule has 0 atom stereocenters. The maximum atomic E-state index is 5.18. The number of nitrogens with zero attached hydrogens (tertiary/aromatic N) is 1. The summed E-state index contributed by atoms with van der Waals surface area (Å²) in [6.45, 7) is 3.96. The van der Waals surface area contributed by atoms with Crippen LogP contribution in [0.3, 0.4) is 0 Å². The predicted octanol–water partition coefficient (Wildman–Crippen LogP) is 3.31. The largest absolute Gasteiger partial charge is 0.331 e. The first-order chi connectivity index (χ1) is 9.15. The van der Waals surface area contributed by atoms with Crippen molar-refractivity contribution in [3.8, 4) is 0 Å². The van der Waals surface area contributed by atoms with Gasteiger partial charge in [-0.2, -0.15) is 5.10 Å². The van der Waals surface area contributed by atoms with Gasteiger partial charge in [0.1, 0.15) is 0 Å². The molecule has 0 saturated carbocycles. The van der Waals surface area contributed by atoms with E-state index < -0.39 is 0 Å². The number of thiocarbonyl (C=S) groups is 1. The van der Waals surface area contributed by atoms with Crippen molar-refractivity contribution in [3.63, 3.8) is 0 Å². The van der Waals surface area contributed by atoms with Gasteiger partial charge in [-0.25, -0.2) is 0 Å². The van der Waals surface area contributed by atoms with Gasteiger partial charge in [-0.1, -0.05) is 23.8 Å². The van der Waals surface area contributed by atoms with Gasteiger partial charge in [-0.15, -0.1) is 5.73 Å². The molecule has 19 heavy (non-hydrogen) atoms. The van der Waals surface area contributed by atoms with E-state index in [4.69, 9.17) is 12.2 Å². The molecule has 0 spiro atoms. The third-order valence-electron chi connectivity index (χ3n) is 2.62. The number of anilines is 1. The molecule has 0 fully saturated rings. The molecule has 4 heteroatoms. The molecule has 0 saturated heterocycles. The molecule has 0 radical (unpaired) electrons. The molecule has 1 aliphatic carbocycles. The molecular weight excluding hydrogens is 254 g/mol. The van der Waals surface area contributed by atoms with E-state index in [1.807, 2.05) is 56.3 Å². The van der Waals surface area contributed by atoms with Gasteiger partial charge in [-0.3, -0.25) is 5.43 Å². The standard InChI is InChI=1S/C15H15N3S/c1-11-7-9-14(10-8-11)16-15(19)18-17-12(2)13-5-3-4-6-13/h3-5,7-10H,1-2H3,(H2,16,18,19)/b17-12+. The highest BCUT2D eigenvalue weighted by Gasteiger charge is 2.00.